The zero-order chi connectivity index (χ0) is 9.84. The van der Waals surface area contributed by atoms with Crippen LogP contribution in [0.5, 0.6) is 5.75 Å². The number of hydrogen-bond donors (Lipinski definition) is 1. The van der Waals surface area contributed by atoms with E-state index in [0.29, 0.717) is 11.7 Å². The topological polar surface area (TPSA) is 20.2 Å². The molecule has 0 spiro atoms. The summed E-state index contributed by atoms with van der Waals surface area (Å²) in [6, 6.07) is 5.55. The third-order valence-corrected chi connectivity index (χ3v) is 2.02. The maximum atomic E-state index is 9.62. The van der Waals surface area contributed by atoms with Crippen molar-refractivity contribution in [3.8, 4) is 5.75 Å². The Kier molecular flexibility index (Phi) is 3.13. The van der Waals surface area contributed by atoms with Crippen molar-refractivity contribution in [2.75, 3.05) is 0 Å². The highest BCUT2D eigenvalue weighted by atomic mass is 16.3. The fourth-order valence-electron chi connectivity index (χ4n) is 1.41. The Hall–Kier alpha value is -1.24. The molecule has 1 rings (SSSR count). The van der Waals surface area contributed by atoms with Gasteiger partial charge in [-0.05, 0) is 24.0 Å². The molecule has 0 aliphatic carbocycles. The van der Waals surface area contributed by atoms with E-state index in [1.807, 2.05) is 12.1 Å². The van der Waals surface area contributed by atoms with E-state index in [9.17, 15) is 5.11 Å². The molecule has 0 aliphatic rings. The maximum absolute atomic E-state index is 9.62. The van der Waals surface area contributed by atoms with Crippen molar-refractivity contribution in [1.29, 1.82) is 0 Å². The molecule has 0 bridgehead atoms. The second-order valence-electron chi connectivity index (χ2n) is 3.65. The lowest BCUT2D eigenvalue weighted by molar-refractivity contribution is 0.462. The van der Waals surface area contributed by atoms with Crippen LogP contribution in [0.3, 0.4) is 0 Å². The van der Waals surface area contributed by atoms with Gasteiger partial charge in [-0.25, -0.2) is 0 Å². The highest BCUT2D eigenvalue weighted by Gasteiger charge is 2.06. The fourth-order valence-corrected chi connectivity index (χ4v) is 1.41. The van der Waals surface area contributed by atoms with E-state index in [4.69, 9.17) is 0 Å². The van der Waals surface area contributed by atoms with Crippen LogP contribution in [0.15, 0.2) is 24.8 Å². The number of phenols is 1. The Labute approximate surface area is 79.7 Å². The number of aromatic hydroxyl groups is 1. The summed E-state index contributed by atoms with van der Waals surface area (Å²) in [4.78, 5) is 0. The van der Waals surface area contributed by atoms with Crippen molar-refractivity contribution in [2.24, 2.45) is 5.92 Å². The van der Waals surface area contributed by atoms with E-state index >= 15 is 0 Å². The Balaban J connectivity index is 3.07. The Morgan fingerprint density at radius 1 is 1.46 bits per heavy atom. The predicted molar refractivity (Wildman–Crippen MR) is 56.7 cm³/mol. The van der Waals surface area contributed by atoms with Crippen LogP contribution in [-0.4, -0.2) is 5.11 Å². The minimum atomic E-state index is 0.381. The summed E-state index contributed by atoms with van der Waals surface area (Å²) < 4.78 is 0. The highest BCUT2D eigenvalue weighted by Crippen LogP contribution is 2.24. The average molecular weight is 176 g/mol. The summed E-state index contributed by atoms with van der Waals surface area (Å²) in [5, 5.41) is 9.62. The molecule has 1 heteroatoms. The average Bonchev–Trinajstić information content (AvgIpc) is 2.08. The van der Waals surface area contributed by atoms with Gasteiger partial charge in [0, 0.05) is 5.56 Å². The number of rotatable bonds is 3. The summed E-state index contributed by atoms with van der Waals surface area (Å²) >= 11 is 0. The molecule has 70 valence electrons. The van der Waals surface area contributed by atoms with Gasteiger partial charge >= 0.3 is 0 Å². The minimum absolute atomic E-state index is 0.381. The molecule has 0 aliphatic heterocycles. The van der Waals surface area contributed by atoms with Crippen LogP contribution in [0.1, 0.15) is 25.0 Å². The van der Waals surface area contributed by atoms with Crippen molar-refractivity contribution < 1.29 is 5.11 Å². The fraction of sp³-hybridized carbons (Fsp3) is 0.333. The van der Waals surface area contributed by atoms with Crippen LogP contribution >= 0.6 is 0 Å². The summed E-state index contributed by atoms with van der Waals surface area (Å²) in [6.07, 6.45) is 2.69. The van der Waals surface area contributed by atoms with Gasteiger partial charge in [0.1, 0.15) is 5.75 Å². The van der Waals surface area contributed by atoms with Gasteiger partial charge in [-0.2, -0.15) is 0 Å². The van der Waals surface area contributed by atoms with Crippen molar-refractivity contribution in [3.05, 3.63) is 35.9 Å². The molecule has 0 fully saturated rings. The van der Waals surface area contributed by atoms with Gasteiger partial charge in [0.05, 0.1) is 0 Å². The monoisotopic (exact) mass is 176 g/mol. The molecule has 1 aromatic carbocycles. The molecule has 0 heterocycles. The largest absolute Gasteiger partial charge is 0.508 e. The normalized spacial score (nSPS) is 10.4. The van der Waals surface area contributed by atoms with Crippen molar-refractivity contribution in [1.82, 2.24) is 0 Å². The Bertz CT molecular complexity index is 300. The third kappa shape index (κ3) is 2.35. The van der Waals surface area contributed by atoms with Gasteiger partial charge in [-0.3, -0.25) is 0 Å². The van der Waals surface area contributed by atoms with Crippen LogP contribution in [-0.2, 0) is 6.42 Å². The van der Waals surface area contributed by atoms with Gasteiger partial charge in [0.2, 0.25) is 0 Å². The first-order chi connectivity index (χ1) is 6.15. The first-order valence-corrected chi connectivity index (χ1v) is 4.58. The molecule has 1 nitrogen and oxygen atoms in total. The second-order valence-corrected chi connectivity index (χ2v) is 3.65. The standard InChI is InChI=1S/C12H16O/c1-4-10-6-5-7-12(13)11(10)8-9(2)3/h4-7,9,13H,1,8H2,2-3H3. The number of hydrogen-bond acceptors (Lipinski definition) is 1. The van der Waals surface area contributed by atoms with Gasteiger partial charge in [-0.15, -0.1) is 0 Å². The van der Waals surface area contributed by atoms with Crippen LogP contribution in [0.2, 0.25) is 0 Å². The van der Waals surface area contributed by atoms with Crippen molar-refractivity contribution >= 4 is 6.08 Å². The van der Waals surface area contributed by atoms with E-state index in [-0.39, 0.29) is 0 Å². The van der Waals surface area contributed by atoms with Crippen LogP contribution in [0, 0.1) is 5.92 Å². The first-order valence-electron chi connectivity index (χ1n) is 4.58. The molecule has 0 saturated heterocycles. The van der Waals surface area contributed by atoms with Crippen molar-refractivity contribution in [3.63, 3.8) is 0 Å². The zero-order valence-electron chi connectivity index (χ0n) is 8.25. The van der Waals surface area contributed by atoms with Crippen LogP contribution in [0.25, 0.3) is 6.08 Å². The van der Waals surface area contributed by atoms with Gasteiger partial charge in [-0.1, -0.05) is 38.6 Å². The second kappa shape index (κ2) is 4.13. The smallest absolute Gasteiger partial charge is 0.119 e. The molecule has 0 saturated carbocycles. The molecule has 0 radical (unpaired) electrons. The predicted octanol–water partition coefficient (Wildman–Crippen LogP) is 3.23. The first kappa shape index (κ1) is 9.85. The summed E-state index contributed by atoms with van der Waals surface area (Å²) in [5.74, 6) is 0.929. The lowest BCUT2D eigenvalue weighted by Crippen LogP contribution is -1.96. The molecule has 1 N–H and O–H groups in total. The van der Waals surface area contributed by atoms with Crippen molar-refractivity contribution in [2.45, 2.75) is 20.3 Å². The molecule has 0 atom stereocenters. The molecule has 0 aromatic heterocycles. The third-order valence-electron chi connectivity index (χ3n) is 2.02. The van der Waals surface area contributed by atoms with Gasteiger partial charge < -0.3 is 5.11 Å². The molecule has 0 amide bonds. The molecule has 0 unspecified atom stereocenters. The summed E-state index contributed by atoms with van der Waals surface area (Å²) in [6.45, 7) is 8.01. The van der Waals surface area contributed by atoms with Gasteiger partial charge in [0.15, 0.2) is 0 Å². The van der Waals surface area contributed by atoms with Crippen LogP contribution in [0.4, 0.5) is 0 Å². The lowest BCUT2D eigenvalue weighted by Gasteiger charge is -2.10. The number of benzene rings is 1. The maximum Gasteiger partial charge on any atom is 0.119 e. The van der Waals surface area contributed by atoms with E-state index in [0.717, 1.165) is 17.5 Å². The van der Waals surface area contributed by atoms with E-state index < -0.39 is 0 Å². The highest BCUT2D eigenvalue weighted by molar-refractivity contribution is 5.56. The lowest BCUT2D eigenvalue weighted by atomic mass is 9.97. The molecule has 1 aromatic rings. The SMILES string of the molecule is C=Cc1cccc(O)c1CC(C)C. The molecular formula is C12H16O. The Morgan fingerprint density at radius 3 is 2.69 bits per heavy atom. The summed E-state index contributed by atoms with van der Waals surface area (Å²) in [7, 11) is 0. The molecule has 13 heavy (non-hydrogen) atoms. The molecular weight excluding hydrogens is 160 g/mol. The van der Waals surface area contributed by atoms with E-state index in [1.165, 1.54) is 0 Å². The number of phenolic OH excluding ortho intramolecular Hbond substituents is 1. The summed E-state index contributed by atoms with van der Waals surface area (Å²) in [5.41, 5.74) is 2.04. The minimum Gasteiger partial charge on any atom is -0.508 e. The van der Waals surface area contributed by atoms with Gasteiger partial charge in [0.25, 0.3) is 0 Å². The van der Waals surface area contributed by atoms with E-state index in [1.54, 1.807) is 12.1 Å². The Morgan fingerprint density at radius 2 is 2.15 bits per heavy atom. The van der Waals surface area contributed by atoms with E-state index in [2.05, 4.69) is 20.4 Å². The van der Waals surface area contributed by atoms with Crippen LogP contribution < -0.4 is 0 Å². The zero-order valence-corrected chi connectivity index (χ0v) is 8.25. The quantitative estimate of drug-likeness (QED) is 0.749.